The highest BCUT2D eigenvalue weighted by Crippen LogP contribution is 2.16. The predicted octanol–water partition coefficient (Wildman–Crippen LogP) is 1.90. The first kappa shape index (κ1) is 19.0. The number of amides is 2. The molecule has 0 bridgehead atoms. The van der Waals surface area contributed by atoms with E-state index in [1.54, 1.807) is 7.11 Å². The van der Waals surface area contributed by atoms with E-state index in [2.05, 4.69) is 15.4 Å². The van der Waals surface area contributed by atoms with Crippen LogP contribution in [0.4, 0.5) is 4.79 Å². The average molecular weight is 374 g/mol. The Labute approximate surface area is 159 Å². The standard InChI is InChI=1S/C19H26N4O4/c1-15-13-18(27-21-15)14-22-8-10-23(11-9-22)19(24)20-7-12-26-17-5-3-16(25-2)4-6-17/h3-6,13H,7-12,14H2,1-2H3,(H,20,24). The highest BCUT2D eigenvalue weighted by molar-refractivity contribution is 5.74. The second-order valence-corrected chi connectivity index (χ2v) is 6.45. The maximum Gasteiger partial charge on any atom is 0.317 e. The lowest BCUT2D eigenvalue weighted by Crippen LogP contribution is -2.51. The maximum absolute atomic E-state index is 12.3. The van der Waals surface area contributed by atoms with Crippen molar-refractivity contribution in [3.63, 3.8) is 0 Å². The fraction of sp³-hybridized carbons (Fsp3) is 0.474. The summed E-state index contributed by atoms with van der Waals surface area (Å²) in [6.07, 6.45) is 0. The first-order valence-corrected chi connectivity index (χ1v) is 9.08. The van der Waals surface area contributed by atoms with Crippen molar-refractivity contribution in [2.24, 2.45) is 0 Å². The molecule has 1 aliphatic rings. The number of aryl methyl sites for hydroxylation is 1. The van der Waals surface area contributed by atoms with Crippen LogP contribution in [0.3, 0.4) is 0 Å². The molecule has 1 saturated heterocycles. The first-order chi connectivity index (χ1) is 13.1. The molecule has 3 rings (SSSR count). The van der Waals surface area contributed by atoms with E-state index >= 15 is 0 Å². The number of hydrogen-bond donors (Lipinski definition) is 1. The Bertz CT molecular complexity index is 724. The van der Waals surface area contributed by atoms with Crippen LogP contribution in [0, 0.1) is 6.92 Å². The molecule has 0 saturated carbocycles. The molecule has 0 atom stereocenters. The molecule has 1 N–H and O–H groups in total. The van der Waals surface area contributed by atoms with Crippen molar-refractivity contribution in [3.05, 3.63) is 41.8 Å². The summed E-state index contributed by atoms with van der Waals surface area (Å²) in [6, 6.07) is 9.26. The van der Waals surface area contributed by atoms with Crippen molar-refractivity contribution < 1.29 is 18.8 Å². The van der Waals surface area contributed by atoms with Crippen LogP contribution in [0.5, 0.6) is 11.5 Å². The van der Waals surface area contributed by atoms with Crippen LogP contribution >= 0.6 is 0 Å². The zero-order valence-electron chi connectivity index (χ0n) is 15.8. The van der Waals surface area contributed by atoms with E-state index in [1.165, 1.54) is 0 Å². The molecular weight excluding hydrogens is 348 g/mol. The van der Waals surface area contributed by atoms with Gasteiger partial charge in [0.1, 0.15) is 18.1 Å². The largest absolute Gasteiger partial charge is 0.497 e. The molecule has 2 amide bonds. The second-order valence-electron chi connectivity index (χ2n) is 6.45. The number of carbonyl (C=O) groups excluding carboxylic acids is 1. The first-order valence-electron chi connectivity index (χ1n) is 9.08. The molecule has 1 aromatic heterocycles. The fourth-order valence-electron chi connectivity index (χ4n) is 2.93. The van der Waals surface area contributed by atoms with Gasteiger partial charge in [0.2, 0.25) is 0 Å². The van der Waals surface area contributed by atoms with Gasteiger partial charge >= 0.3 is 6.03 Å². The number of hydrogen-bond acceptors (Lipinski definition) is 6. The Balaban J connectivity index is 1.32. The highest BCUT2D eigenvalue weighted by atomic mass is 16.5. The molecule has 0 unspecified atom stereocenters. The molecule has 0 aliphatic carbocycles. The summed E-state index contributed by atoms with van der Waals surface area (Å²) in [6.45, 7) is 6.53. The van der Waals surface area contributed by atoms with Gasteiger partial charge in [0, 0.05) is 32.2 Å². The van der Waals surface area contributed by atoms with Crippen molar-refractivity contribution in [2.75, 3.05) is 46.4 Å². The van der Waals surface area contributed by atoms with Gasteiger partial charge in [-0.1, -0.05) is 5.16 Å². The van der Waals surface area contributed by atoms with Gasteiger partial charge in [-0.15, -0.1) is 0 Å². The Morgan fingerprint density at radius 1 is 1.19 bits per heavy atom. The molecule has 2 heterocycles. The highest BCUT2D eigenvalue weighted by Gasteiger charge is 2.21. The third-order valence-corrected chi connectivity index (χ3v) is 4.42. The molecule has 8 nitrogen and oxygen atoms in total. The summed E-state index contributed by atoms with van der Waals surface area (Å²) in [4.78, 5) is 16.3. The van der Waals surface area contributed by atoms with E-state index in [4.69, 9.17) is 14.0 Å². The number of benzene rings is 1. The normalized spacial score (nSPS) is 14.8. The Hall–Kier alpha value is -2.74. The number of urea groups is 1. The average Bonchev–Trinajstić information content (AvgIpc) is 3.10. The minimum Gasteiger partial charge on any atom is -0.497 e. The third kappa shape index (κ3) is 5.62. The minimum atomic E-state index is -0.0523. The Morgan fingerprint density at radius 2 is 1.89 bits per heavy atom. The van der Waals surface area contributed by atoms with Gasteiger partial charge in [-0.05, 0) is 31.2 Å². The van der Waals surface area contributed by atoms with E-state index in [0.29, 0.717) is 26.2 Å². The summed E-state index contributed by atoms with van der Waals surface area (Å²) >= 11 is 0. The van der Waals surface area contributed by atoms with Gasteiger partial charge in [-0.3, -0.25) is 4.90 Å². The lowest BCUT2D eigenvalue weighted by atomic mass is 10.3. The van der Waals surface area contributed by atoms with Gasteiger partial charge in [0.25, 0.3) is 0 Å². The number of nitrogens with one attached hydrogen (secondary N) is 1. The number of ether oxygens (including phenoxy) is 2. The van der Waals surface area contributed by atoms with Crippen molar-refractivity contribution in [1.29, 1.82) is 0 Å². The number of methoxy groups -OCH3 is 1. The number of nitrogens with zero attached hydrogens (tertiary/aromatic N) is 3. The lowest BCUT2D eigenvalue weighted by Gasteiger charge is -2.34. The lowest BCUT2D eigenvalue weighted by molar-refractivity contribution is 0.127. The summed E-state index contributed by atoms with van der Waals surface area (Å²) in [7, 11) is 1.63. The van der Waals surface area contributed by atoms with Gasteiger partial charge in [0.15, 0.2) is 5.76 Å². The molecule has 1 aromatic carbocycles. The van der Waals surface area contributed by atoms with Crippen LogP contribution < -0.4 is 14.8 Å². The Kier molecular flexibility index (Phi) is 6.54. The van der Waals surface area contributed by atoms with E-state index in [9.17, 15) is 4.79 Å². The van der Waals surface area contributed by atoms with Crippen LogP contribution in [0.2, 0.25) is 0 Å². The van der Waals surface area contributed by atoms with Gasteiger partial charge < -0.3 is 24.2 Å². The topological polar surface area (TPSA) is 80.1 Å². The molecule has 1 aliphatic heterocycles. The van der Waals surface area contributed by atoms with Crippen LogP contribution in [0.1, 0.15) is 11.5 Å². The smallest absolute Gasteiger partial charge is 0.317 e. The van der Waals surface area contributed by atoms with E-state index in [1.807, 2.05) is 42.2 Å². The molecule has 27 heavy (non-hydrogen) atoms. The fourth-order valence-corrected chi connectivity index (χ4v) is 2.93. The molecule has 8 heteroatoms. The number of rotatable bonds is 7. The van der Waals surface area contributed by atoms with E-state index in [-0.39, 0.29) is 6.03 Å². The van der Waals surface area contributed by atoms with E-state index < -0.39 is 0 Å². The molecular formula is C19H26N4O4. The predicted molar refractivity (Wildman–Crippen MR) is 100.0 cm³/mol. The van der Waals surface area contributed by atoms with Crippen molar-refractivity contribution >= 4 is 6.03 Å². The van der Waals surface area contributed by atoms with Crippen molar-refractivity contribution in [2.45, 2.75) is 13.5 Å². The van der Waals surface area contributed by atoms with Crippen molar-refractivity contribution in [1.82, 2.24) is 20.3 Å². The van der Waals surface area contributed by atoms with Gasteiger partial charge in [-0.25, -0.2) is 4.79 Å². The zero-order chi connectivity index (χ0) is 19.1. The second kappa shape index (κ2) is 9.27. The molecule has 0 radical (unpaired) electrons. The monoisotopic (exact) mass is 374 g/mol. The number of carbonyl (C=O) groups is 1. The number of aromatic nitrogens is 1. The summed E-state index contributed by atoms with van der Waals surface area (Å²) in [5, 5.41) is 6.81. The van der Waals surface area contributed by atoms with Crippen LogP contribution in [0.25, 0.3) is 0 Å². The quantitative estimate of drug-likeness (QED) is 0.746. The van der Waals surface area contributed by atoms with E-state index in [0.717, 1.165) is 42.6 Å². The maximum atomic E-state index is 12.3. The zero-order valence-corrected chi connectivity index (χ0v) is 15.8. The SMILES string of the molecule is COc1ccc(OCCNC(=O)N2CCN(Cc3cc(C)no3)CC2)cc1. The van der Waals surface area contributed by atoms with Gasteiger partial charge in [0.05, 0.1) is 25.9 Å². The summed E-state index contributed by atoms with van der Waals surface area (Å²) in [5.41, 5.74) is 0.889. The molecule has 2 aromatic rings. The van der Waals surface area contributed by atoms with Crippen molar-refractivity contribution in [3.8, 4) is 11.5 Å². The molecule has 1 fully saturated rings. The van der Waals surface area contributed by atoms with Crippen LogP contribution in [-0.2, 0) is 6.54 Å². The Morgan fingerprint density at radius 3 is 2.52 bits per heavy atom. The number of piperazine rings is 1. The summed E-state index contributed by atoms with van der Waals surface area (Å²) < 4.78 is 16.0. The van der Waals surface area contributed by atoms with Crippen LogP contribution in [0.15, 0.2) is 34.9 Å². The van der Waals surface area contributed by atoms with Crippen LogP contribution in [-0.4, -0.2) is 67.4 Å². The van der Waals surface area contributed by atoms with Gasteiger partial charge in [-0.2, -0.15) is 0 Å². The molecule has 0 spiro atoms. The third-order valence-electron chi connectivity index (χ3n) is 4.42. The summed E-state index contributed by atoms with van der Waals surface area (Å²) in [5.74, 6) is 2.40. The minimum absolute atomic E-state index is 0.0523. The molecule has 146 valence electrons.